The molecule has 1 aromatic heterocycles. The first-order valence-electron chi connectivity index (χ1n) is 5.38. The van der Waals surface area contributed by atoms with Gasteiger partial charge in [-0.1, -0.05) is 18.2 Å². The molecule has 0 aliphatic carbocycles. The number of rotatable bonds is 4. The van der Waals surface area contributed by atoms with Crippen LogP contribution < -0.4 is 4.74 Å². The molecule has 0 bridgehead atoms. The van der Waals surface area contributed by atoms with Crippen LogP contribution in [-0.4, -0.2) is 16.9 Å². The molecular formula is C13H13N3O. The van der Waals surface area contributed by atoms with Crippen molar-refractivity contribution in [3.05, 3.63) is 36.7 Å². The van der Waals surface area contributed by atoms with Crippen molar-refractivity contribution >= 4 is 0 Å². The fourth-order valence-electron chi connectivity index (χ4n) is 1.67. The summed E-state index contributed by atoms with van der Waals surface area (Å²) in [5, 5.41) is 12.7. The molecule has 0 N–H and O–H groups in total. The predicted molar refractivity (Wildman–Crippen MR) is 64.4 cm³/mol. The Hall–Kier alpha value is -2.28. The van der Waals surface area contributed by atoms with Gasteiger partial charge < -0.3 is 4.74 Å². The van der Waals surface area contributed by atoms with Crippen molar-refractivity contribution in [2.75, 3.05) is 7.11 Å². The molecule has 86 valence electrons. The van der Waals surface area contributed by atoms with Crippen molar-refractivity contribution in [3.63, 3.8) is 0 Å². The molecule has 0 radical (unpaired) electrons. The lowest BCUT2D eigenvalue weighted by molar-refractivity contribution is 0.416. The monoisotopic (exact) mass is 227 g/mol. The molecule has 0 aliphatic heterocycles. The Morgan fingerprint density at radius 1 is 1.41 bits per heavy atom. The Bertz CT molecular complexity index is 540. The van der Waals surface area contributed by atoms with Gasteiger partial charge in [-0.15, -0.1) is 0 Å². The summed E-state index contributed by atoms with van der Waals surface area (Å²) in [4.78, 5) is 0. The highest BCUT2D eigenvalue weighted by Gasteiger charge is 2.06. The minimum absolute atomic E-state index is 0.465. The van der Waals surface area contributed by atoms with Crippen LogP contribution in [0.15, 0.2) is 36.7 Å². The fraction of sp³-hybridized carbons (Fsp3) is 0.231. The van der Waals surface area contributed by atoms with E-state index in [9.17, 15) is 0 Å². The zero-order chi connectivity index (χ0) is 12.1. The summed E-state index contributed by atoms with van der Waals surface area (Å²) in [5.74, 6) is 0.826. The van der Waals surface area contributed by atoms with Gasteiger partial charge in [-0.05, 0) is 6.07 Å². The van der Waals surface area contributed by atoms with E-state index >= 15 is 0 Å². The Labute approximate surface area is 100 Å². The maximum absolute atomic E-state index is 8.52. The van der Waals surface area contributed by atoms with E-state index in [0.717, 1.165) is 16.9 Å². The average Bonchev–Trinajstić information content (AvgIpc) is 2.85. The van der Waals surface area contributed by atoms with Crippen LogP contribution >= 0.6 is 0 Å². The molecule has 1 heterocycles. The number of benzene rings is 1. The van der Waals surface area contributed by atoms with Gasteiger partial charge in [0.05, 0.1) is 32.3 Å². The molecule has 4 heteroatoms. The lowest BCUT2D eigenvalue weighted by atomic mass is 10.1. The first-order chi connectivity index (χ1) is 8.35. The molecule has 0 unspecified atom stereocenters. The molecule has 0 amide bonds. The van der Waals surface area contributed by atoms with Crippen LogP contribution in [0.2, 0.25) is 0 Å². The Balaban J connectivity index is 2.28. The number of aromatic nitrogens is 2. The molecule has 0 saturated heterocycles. The van der Waals surface area contributed by atoms with Crippen molar-refractivity contribution in [3.8, 4) is 22.9 Å². The minimum atomic E-state index is 0.465. The number of aryl methyl sites for hydroxylation is 1. The molecule has 0 saturated carbocycles. The summed E-state index contributed by atoms with van der Waals surface area (Å²) in [6.45, 7) is 0.617. The first-order valence-corrected chi connectivity index (χ1v) is 5.38. The highest BCUT2D eigenvalue weighted by molar-refractivity contribution is 5.69. The fourth-order valence-corrected chi connectivity index (χ4v) is 1.67. The lowest BCUT2D eigenvalue weighted by Crippen LogP contribution is -1.96. The standard InChI is InChI=1S/C13H13N3O/c1-17-13-6-3-2-5-12(13)11-9-15-16(10-11)8-4-7-14/h2-3,5-6,9-10H,4,8H2,1H3. The maximum atomic E-state index is 8.52. The van der Waals surface area contributed by atoms with Gasteiger partial charge in [0.2, 0.25) is 0 Å². The third-order valence-electron chi connectivity index (χ3n) is 2.50. The van der Waals surface area contributed by atoms with Crippen LogP contribution in [0.3, 0.4) is 0 Å². The molecule has 0 spiro atoms. The largest absolute Gasteiger partial charge is 0.496 e. The minimum Gasteiger partial charge on any atom is -0.496 e. The van der Waals surface area contributed by atoms with Gasteiger partial charge in [0, 0.05) is 17.3 Å². The van der Waals surface area contributed by atoms with Crippen LogP contribution in [0.25, 0.3) is 11.1 Å². The molecule has 0 aliphatic rings. The number of methoxy groups -OCH3 is 1. The number of hydrogen-bond acceptors (Lipinski definition) is 3. The Kier molecular flexibility index (Phi) is 3.41. The molecule has 4 nitrogen and oxygen atoms in total. The molecule has 2 aromatic rings. The predicted octanol–water partition coefficient (Wildman–Crippen LogP) is 2.47. The summed E-state index contributed by atoms with van der Waals surface area (Å²) >= 11 is 0. The number of nitriles is 1. The number of hydrogen-bond donors (Lipinski definition) is 0. The van der Waals surface area contributed by atoms with Crippen LogP contribution in [0, 0.1) is 11.3 Å². The summed E-state index contributed by atoms with van der Waals surface area (Å²) in [7, 11) is 1.65. The molecule has 0 fully saturated rings. The van der Waals surface area contributed by atoms with Crippen molar-refractivity contribution in [1.82, 2.24) is 9.78 Å². The summed E-state index contributed by atoms with van der Waals surface area (Å²) in [6, 6.07) is 9.91. The third kappa shape index (κ3) is 2.45. The third-order valence-corrected chi connectivity index (χ3v) is 2.50. The van der Waals surface area contributed by atoms with Gasteiger partial charge >= 0.3 is 0 Å². The summed E-state index contributed by atoms with van der Waals surface area (Å²) < 4.78 is 7.07. The van der Waals surface area contributed by atoms with Crippen molar-refractivity contribution in [2.24, 2.45) is 0 Å². The quantitative estimate of drug-likeness (QED) is 0.806. The SMILES string of the molecule is COc1ccccc1-c1cnn(CCC#N)c1. The molecule has 0 atom stereocenters. The van der Waals surface area contributed by atoms with E-state index in [0.29, 0.717) is 13.0 Å². The van der Waals surface area contributed by atoms with E-state index in [2.05, 4.69) is 11.2 Å². The van der Waals surface area contributed by atoms with Crippen molar-refractivity contribution in [1.29, 1.82) is 5.26 Å². The van der Waals surface area contributed by atoms with Gasteiger partial charge in [-0.25, -0.2) is 0 Å². The van der Waals surface area contributed by atoms with E-state index in [1.165, 1.54) is 0 Å². The maximum Gasteiger partial charge on any atom is 0.126 e. The zero-order valence-corrected chi connectivity index (χ0v) is 9.63. The first kappa shape index (κ1) is 11.2. The van der Waals surface area contributed by atoms with Crippen molar-refractivity contribution < 1.29 is 4.74 Å². The van der Waals surface area contributed by atoms with E-state index in [4.69, 9.17) is 10.00 Å². The van der Waals surface area contributed by atoms with E-state index in [-0.39, 0.29) is 0 Å². The molecule has 2 rings (SSSR count). The van der Waals surface area contributed by atoms with Gasteiger partial charge in [0.15, 0.2) is 0 Å². The van der Waals surface area contributed by atoms with E-state index in [1.54, 1.807) is 18.0 Å². The zero-order valence-electron chi connectivity index (χ0n) is 9.63. The highest BCUT2D eigenvalue weighted by atomic mass is 16.5. The van der Waals surface area contributed by atoms with Gasteiger partial charge in [-0.2, -0.15) is 10.4 Å². The van der Waals surface area contributed by atoms with Gasteiger partial charge in [0.1, 0.15) is 5.75 Å². The molecular weight excluding hydrogens is 214 g/mol. The number of ether oxygens (including phenoxy) is 1. The summed E-state index contributed by atoms with van der Waals surface area (Å²) in [5.41, 5.74) is 2.01. The second-order valence-corrected chi connectivity index (χ2v) is 3.60. The summed E-state index contributed by atoms with van der Waals surface area (Å²) in [6.07, 6.45) is 4.18. The second-order valence-electron chi connectivity index (χ2n) is 3.60. The normalized spacial score (nSPS) is 9.88. The van der Waals surface area contributed by atoms with E-state index < -0.39 is 0 Å². The highest BCUT2D eigenvalue weighted by Crippen LogP contribution is 2.28. The number of nitrogens with zero attached hydrogens (tertiary/aromatic N) is 3. The number of para-hydroxylation sites is 1. The van der Waals surface area contributed by atoms with Crippen LogP contribution in [0.4, 0.5) is 0 Å². The smallest absolute Gasteiger partial charge is 0.126 e. The van der Waals surface area contributed by atoms with Crippen molar-refractivity contribution in [2.45, 2.75) is 13.0 Å². The Morgan fingerprint density at radius 3 is 3.00 bits per heavy atom. The lowest BCUT2D eigenvalue weighted by Gasteiger charge is -2.05. The van der Waals surface area contributed by atoms with Gasteiger partial charge in [0.25, 0.3) is 0 Å². The van der Waals surface area contributed by atoms with E-state index in [1.807, 2.05) is 30.5 Å². The second kappa shape index (κ2) is 5.17. The topological polar surface area (TPSA) is 50.8 Å². The van der Waals surface area contributed by atoms with Crippen LogP contribution in [0.1, 0.15) is 6.42 Å². The van der Waals surface area contributed by atoms with Crippen LogP contribution in [0.5, 0.6) is 5.75 Å². The Morgan fingerprint density at radius 2 is 2.24 bits per heavy atom. The molecule has 1 aromatic carbocycles. The van der Waals surface area contributed by atoms with Gasteiger partial charge in [-0.3, -0.25) is 4.68 Å². The molecule has 17 heavy (non-hydrogen) atoms. The average molecular weight is 227 g/mol. The van der Waals surface area contributed by atoms with Crippen LogP contribution in [-0.2, 0) is 6.54 Å².